The number of alkyl halides is 3. The van der Waals surface area contributed by atoms with Crippen molar-refractivity contribution in [2.45, 2.75) is 13.1 Å². The van der Waals surface area contributed by atoms with Crippen LogP contribution in [0, 0.1) is 6.92 Å². The lowest BCUT2D eigenvalue weighted by Crippen LogP contribution is -2.21. The summed E-state index contributed by atoms with van der Waals surface area (Å²) in [4.78, 5) is 8.90. The van der Waals surface area contributed by atoms with E-state index in [1.54, 1.807) is 12.1 Å². The smallest absolute Gasteiger partial charge is 0.490 e. The third-order valence-corrected chi connectivity index (χ3v) is 1.28. The second-order valence-corrected chi connectivity index (χ2v) is 2.64. The van der Waals surface area contributed by atoms with E-state index in [9.17, 15) is 13.2 Å². The van der Waals surface area contributed by atoms with Gasteiger partial charge in [0, 0.05) is 0 Å². The normalized spacial score (nSPS) is 10.1. The molecule has 0 bridgehead atoms. The number of rotatable bonds is 0. The number of aryl methyl sites for hydroxylation is 1. The Hall–Kier alpha value is -1.72. The van der Waals surface area contributed by atoms with Gasteiger partial charge in [-0.2, -0.15) is 13.2 Å². The van der Waals surface area contributed by atoms with Gasteiger partial charge in [-0.15, -0.1) is 0 Å². The maximum Gasteiger partial charge on any atom is 0.490 e. The van der Waals surface area contributed by atoms with Crippen LogP contribution in [-0.4, -0.2) is 22.4 Å². The summed E-state index contributed by atoms with van der Waals surface area (Å²) in [5, 5.41) is 15.9. The number of hydrogen-bond acceptors (Lipinski definition) is 2. The molecular formula is C9H9F3O3. The summed E-state index contributed by atoms with van der Waals surface area (Å²) in [6.07, 6.45) is -5.08. The van der Waals surface area contributed by atoms with Crippen LogP contribution >= 0.6 is 0 Å². The minimum absolute atomic E-state index is 0.329. The van der Waals surface area contributed by atoms with Gasteiger partial charge in [-0.3, -0.25) is 0 Å². The number of carboxylic acids is 1. The van der Waals surface area contributed by atoms with Crippen molar-refractivity contribution in [2.24, 2.45) is 0 Å². The number of aromatic hydroxyl groups is 1. The van der Waals surface area contributed by atoms with E-state index in [1.807, 2.05) is 19.1 Å². The van der Waals surface area contributed by atoms with Crippen LogP contribution in [0.15, 0.2) is 24.3 Å². The molecule has 2 N–H and O–H groups in total. The highest BCUT2D eigenvalue weighted by Crippen LogP contribution is 2.13. The first kappa shape index (κ1) is 13.3. The summed E-state index contributed by atoms with van der Waals surface area (Å²) in [6, 6.07) is 7.09. The van der Waals surface area contributed by atoms with E-state index in [4.69, 9.17) is 15.0 Å². The third kappa shape index (κ3) is 6.36. The molecule has 15 heavy (non-hydrogen) atoms. The van der Waals surface area contributed by atoms with Crippen LogP contribution in [0.2, 0.25) is 0 Å². The molecule has 0 aliphatic heterocycles. The molecule has 3 nitrogen and oxygen atoms in total. The van der Waals surface area contributed by atoms with Crippen LogP contribution in [0.25, 0.3) is 0 Å². The van der Waals surface area contributed by atoms with Crippen LogP contribution in [0.3, 0.4) is 0 Å². The van der Waals surface area contributed by atoms with Crippen LogP contribution in [0.4, 0.5) is 13.2 Å². The summed E-state index contributed by atoms with van der Waals surface area (Å²) in [6.45, 7) is 1.99. The molecule has 0 aromatic heterocycles. The predicted molar refractivity (Wildman–Crippen MR) is 46.5 cm³/mol. The van der Waals surface area contributed by atoms with Gasteiger partial charge >= 0.3 is 12.1 Å². The highest BCUT2D eigenvalue weighted by Gasteiger charge is 2.38. The minimum atomic E-state index is -5.08. The molecule has 0 aliphatic carbocycles. The van der Waals surface area contributed by atoms with Crippen molar-refractivity contribution >= 4 is 5.97 Å². The first-order valence-electron chi connectivity index (χ1n) is 3.79. The minimum Gasteiger partial charge on any atom is -0.508 e. The SMILES string of the molecule is Cc1ccc(O)cc1.O=C(O)C(F)(F)F. The summed E-state index contributed by atoms with van der Waals surface area (Å²) >= 11 is 0. The molecule has 0 fully saturated rings. The molecule has 1 aromatic carbocycles. The summed E-state index contributed by atoms with van der Waals surface area (Å²) in [5.41, 5.74) is 1.17. The van der Waals surface area contributed by atoms with E-state index >= 15 is 0 Å². The average Bonchev–Trinajstić information content (AvgIpc) is 2.09. The number of carbonyl (C=O) groups is 1. The monoisotopic (exact) mass is 222 g/mol. The fraction of sp³-hybridized carbons (Fsp3) is 0.222. The number of benzene rings is 1. The maximum absolute atomic E-state index is 10.6. The van der Waals surface area contributed by atoms with Gasteiger partial charge in [-0.05, 0) is 19.1 Å². The van der Waals surface area contributed by atoms with Gasteiger partial charge in [-0.1, -0.05) is 17.7 Å². The van der Waals surface area contributed by atoms with Crippen molar-refractivity contribution in [1.82, 2.24) is 0 Å². The predicted octanol–water partition coefficient (Wildman–Crippen LogP) is 2.33. The highest BCUT2D eigenvalue weighted by molar-refractivity contribution is 5.73. The van der Waals surface area contributed by atoms with Gasteiger partial charge in [0.2, 0.25) is 0 Å². The Bertz CT molecular complexity index is 295. The summed E-state index contributed by atoms with van der Waals surface area (Å²) in [5.74, 6) is -2.43. The van der Waals surface area contributed by atoms with Crippen LogP contribution < -0.4 is 0 Å². The fourth-order valence-corrected chi connectivity index (χ4v) is 0.545. The second kappa shape index (κ2) is 5.23. The van der Waals surface area contributed by atoms with E-state index in [0.717, 1.165) is 0 Å². The van der Waals surface area contributed by atoms with Crippen LogP contribution in [0.5, 0.6) is 5.75 Å². The van der Waals surface area contributed by atoms with Gasteiger partial charge in [-0.25, -0.2) is 4.79 Å². The van der Waals surface area contributed by atoms with E-state index < -0.39 is 12.1 Å². The average molecular weight is 222 g/mol. The number of phenols is 1. The first-order valence-corrected chi connectivity index (χ1v) is 3.79. The van der Waals surface area contributed by atoms with Crippen LogP contribution in [-0.2, 0) is 4.79 Å². The molecule has 0 aliphatic rings. The lowest BCUT2D eigenvalue weighted by molar-refractivity contribution is -0.192. The Morgan fingerprint density at radius 1 is 1.20 bits per heavy atom. The van der Waals surface area contributed by atoms with E-state index in [-0.39, 0.29) is 0 Å². The van der Waals surface area contributed by atoms with Gasteiger partial charge in [0.25, 0.3) is 0 Å². The molecule has 0 amide bonds. The van der Waals surface area contributed by atoms with Crippen molar-refractivity contribution in [3.05, 3.63) is 29.8 Å². The molecule has 0 heterocycles. The molecule has 1 rings (SSSR count). The molecular weight excluding hydrogens is 213 g/mol. The molecule has 84 valence electrons. The number of phenolic OH excluding ortho intramolecular Hbond substituents is 1. The first-order chi connectivity index (χ1) is 6.73. The Morgan fingerprint density at radius 2 is 1.53 bits per heavy atom. The van der Waals surface area contributed by atoms with Gasteiger partial charge in [0.15, 0.2) is 0 Å². The zero-order chi connectivity index (χ0) is 12.1. The largest absolute Gasteiger partial charge is 0.508 e. The van der Waals surface area contributed by atoms with Crippen molar-refractivity contribution in [3.63, 3.8) is 0 Å². The molecule has 0 saturated carbocycles. The maximum atomic E-state index is 10.6. The molecule has 0 radical (unpaired) electrons. The molecule has 6 heteroatoms. The van der Waals surface area contributed by atoms with Crippen LogP contribution in [0.1, 0.15) is 5.56 Å². The lowest BCUT2D eigenvalue weighted by atomic mass is 10.2. The zero-order valence-corrected chi connectivity index (χ0v) is 7.75. The topological polar surface area (TPSA) is 57.5 Å². The Kier molecular flexibility index (Phi) is 4.63. The summed E-state index contributed by atoms with van der Waals surface area (Å²) < 4.78 is 31.7. The Morgan fingerprint density at radius 3 is 1.73 bits per heavy atom. The third-order valence-electron chi connectivity index (χ3n) is 1.28. The molecule has 0 atom stereocenters. The number of aliphatic carboxylic acids is 1. The standard InChI is InChI=1S/C7H8O.C2HF3O2/c1-6-2-4-7(8)5-3-6;3-2(4,5)1(6)7/h2-5,8H,1H3;(H,6,7). The van der Waals surface area contributed by atoms with Crippen molar-refractivity contribution in [1.29, 1.82) is 0 Å². The van der Waals surface area contributed by atoms with Gasteiger partial charge in [0.1, 0.15) is 5.75 Å². The Balaban J connectivity index is 0.000000265. The quantitative estimate of drug-likeness (QED) is 0.708. The molecule has 0 unspecified atom stereocenters. The molecule has 0 saturated heterocycles. The Labute approximate surface area is 83.8 Å². The van der Waals surface area contributed by atoms with E-state index in [0.29, 0.717) is 5.75 Å². The number of carboxylic acid groups (broad SMARTS) is 1. The molecule has 1 aromatic rings. The van der Waals surface area contributed by atoms with E-state index in [1.165, 1.54) is 5.56 Å². The lowest BCUT2D eigenvalue weighted by Gasteiger charge is -1.93. The van der Waals surface area contributed by atoms with Crippen molar-refractivity contribution < 1.29 is 28.2 Å². The fourth-order valence-electron chi connectivity index (χ4n) is 0.545. The van der Waals surface area contributed by atoms with E-state index in [2.05, 4.69) is 0 Å². The number of halogens is 3. The highest BCUT2D eigenvalue weighted by atomic mass is 19.4. The van der Waals surface area contributed by atoms with Crippen molar-refractivity contribution in [3.8, 4) is 5.75 Å². The summed E-state index contributed by atoms with van der Waals surface area (Å²) in [7, 11) is 0. The molecule has 0 spiro atoms. The van der Waals surface area contributed by atoms with Gasteiger partial charge < -0.3 is 10.2 Å². The second-order valence-electron chi connectivity index (χ2n) is 2.64. The number of hydrogen-bond donors (Lipinski definition) is 2. The zero-order valence-electron chi connectivity index (χ0n) is 7.75. The van der Waals surface area contributed by atoms with Crippen molar-refractivity contribution in [2.75, 3.05) is 0 Å². The van der Waals surface area contributed by atoms with Gasteiger partial charge in [0.05, 0.1) is 0 Å².